The predicted octanol–water partition coefficient (Wildman–Crippen LogP) is 1.65. The van der Waals surface area contributed by atoms with Crippen LogP contribution in [0.4, 0.5) is 0 Å². The van der Waals surface area contributed by atoms with Crippen LogP contribution in [-0.4, -0.2) is 62.7 Å². The molecule has 17 heavy (non-hydrogen) atoms. The number of hydrogen-bond acceptors (Lipinski definition) is 3. The third-order valence-electron chi connectivity index (χ3n) is 3.85. The van der Waals surface area contributed by atoms with Crippen LogP contribution in [0.5, 0.6) is 0 Å². The van der Waals surface area contributed by atoms with Gasteiger partial charge < -0.3 is 10.2 Å². The topological polar surface area (TPSA) is 18.5 Å². The highest BCUT2D eigenvalue weighted by Crippen LogP contribution is 2.31. The third kappa shape index (κ3) is 4.94. The normalized spacial score (nSPS) is 24.4. The lowest BCUT2D eigenvalue weighted by molar-refractivity contribution is 0.0569. The molecule has 1 fully saturated rings. The average molecular weight is 241 g/mol. The quantitative estimate of drug-likeness (QED) is 0.662. The molecule has 2 atom stereocenters. The van der Waals surface area contributed by atoms with Crippen molar-refractivity contribution in [2.45, 2.75) is 39.2 Å². The standard InChI is InChI=1S/C14H31N3/c1-5-9-17(11-10-16(3)4)14-8-7-13(14)12-15-6-2/h13-15H,5-12H2,1-4H3. The molecule has 0 radical (unpaired) electrons. The molecule has 0 spiro atoms. The van der Waals surface area contributed by atoms with Gasteiger partial charge in [-0.1, -0.05) is 13.8 Å². The zero-order valence-corrected chi connectivity index (χ0v) is 12.2. The maximum atomic E-state index is 3.50. The molecule has 0 bridgehead atoms. The van der Waals surface area contributed by atoms with Crippen LogP contribution in [0.25, 0.3) is 0 Å². The molecule has 3 nitrogen and oxygen atoms in total. The van der Waals surface area contributed by atoms with Gasteiger partial charge in [0.25, 0.3) is 0 Å². The lowest BCUT2D eigenvalue weighted by atomic mass is 9.78. The second kappa shape index (κ2) is 8.06. The van der Waals surface area contributed by atoms with Crippen molar-refractivity contribution in [3.05, 3.63) is 0 Å². The highest BCUT2D eigenvalue weighted by Gasteiger charge is 2.34. The SMILES string of the molecule is CCCN(CCN(C)C)C1CCC1CNCC. The monoisotopic (exact) mass is 241 g/mol. The van der Waals surface area contributed by atoms with E-state index in [2.05, 4.69) is 43.1 Å². The average Bonchev–Trinajstić information content (AvgIpc) is 2.25. The van der Waals surface area contributed by atoms with Crippen LogP contribution in [0.15, 0.2) is 0 Å². The number of nitrogens with zero attached hydrogens (tertiary/aromatic N) is 2. The summed E-state index contributed by atoms with van der Waals surface area (Å²) < 4.78 is 0. The molecule has 0 saturated heterocycles. The Bertz CT molecular complexity index is 194. The van der Waals surface area contributed by atoms with Crippen molar-refractivity contribution in [2.24, 2.45) is 5.92 Å². The molecule has 1 rings (SSSR count). The Hall–Kier alpha value is -0.120. The van der Waals surface area contributed by atoms with E-state index >= 15 is 0 Å². The summed E-state index contributed by atoms with van der Waals surface area (Å²) in [4.78, 5) is 5.01. The van der Waals surface area contributed by atoms with Crippen LogP contribution < -0.4 is 5.32 Å². The molecule has 1 aliphatic rings. The fraction of sp³-hybridized carbons (Fsp3) is 1.00. The molecular weight excluding hydrogens is 210 g/mol. The summed E-state index contributed by atoms with van der Waals surface area (Å²) in [6.07, 6.45) is 4.10. The van der Waals surface area contributed by atoms with Gasteiger partial charge in [0.2, 0.25) is 0 Å². The molecule has 1 saturated carbocycles. The molecule has 0 aromatic heterocycles. The summed E-state index contributed by atoms with van der Waals surface area (Å²) in [5.74, 6) is 0.892. The van der Waals surface area contributed by atoms with Crippen molar-refractivity contribution in [1.29, 1.82) is 0 Å². The van der Waals surface area contributed by atoms with E-state index in [-0.39, 0.29) is 0 Å². The van der Waals surface area contributed by atoms with Crippen molar-refractivity contribution in [3.8, 4) is 0 Å². The van der Waals surface area contributed by atoms with Gasteiger partial charge in [0.15, 0.2) is 0 Å². The van der Waals surface area contributed by atoms with Crippen LogP contribution >= 0.6 is 0 Å². The summed E-state index contributed by atoms with van der Waals surface area (Å²) in [7, 11) is 4.34. The molecule has 0 aliphatic heterocycles. The van der Waals surface area contributed by atoms with E-state index in [0.717, 1.165) is 18.5 Å². The van der Waals surface area contributed by atoms with Crippen molar-refractivity contribution >= 4 is 0 Å². The molecule has 2 unspecified atom stereocenters. The van der Waals surface area contributed by atoms with E-state index in [4.69, 9.17) is 0 Å². The molecule has 102 valence electrons. The Balaban J connectivity index is 2.35. The van der Waals surface area contributed by atoms with E-state index in [9.17, 15) is 0 Å². The number of likely N-dealkylation sites (N-methyl/N-ethyl adjacent to an activating group) is 1. The summed E-state index contributed by atoms with van der Waals surface area (Å²) in [5, 5.41) is 3.50. The first-order valence-electron chi connectivity index (χ1n) is 7.28. The van der Waals surface area contributed by atoms with Gasteiger partial charge in [-0.2, -0.15) is 0 Å². The summed E-state index contributed by atoms with van der Waals surface area (Å²) in [5.41, 5.74) is 0. The van der Waals surface area contributed by atoms with E-state index in [1.54, 1.807) is 0 Å². The van der Waals surface area contributed by atoms with Gasteiger partial charge in [-0.3, -0.25) is 4.90 Å². The first-order valence-corrected chi connectivity index (χ1v) is 7.28. The van der Waals surface area contributed by atoms with Gasteiger partial charge in [-0.15, -0.1) is 0 Å². The van der Waals surface area contributed by atoms with Crippen LogP contribution in [-0.2, 0) is 0 Å². The Morgan fingerprint density at radius 1 is 1.06 bits per heavy atom. The Morgan fingerprint density at radius 3 is 2.29 bits per heavy atom. The predicted molar refractivity (Wildman–Crippen MR) is 75.5 cm³/mol. The maximum absolute atomic E-state index is 3.50. The first-order chi connectivity index (χ1) is 8.19. The largest absolute Gasteiger partial charge is 0.317 e. The van der Waals surface area contributed by atoms with Gasteiger partial charge in [0, 0.05) is 19.1 Å². The van der Waals surface area contributed by atoms with E-state index < -0.39 is 0 Å². The minimum Gasteiger partial charge on any atom is -0.317 e. The molecule has 0 aromatic carbocycles. The van der Waals surface area contributed by atoms with E-state index in [1.807, 2.05) is 0 Å². The van der Waals surface area contributed by atoms with E-state index in [0.29, 0.717) is 0 Å². The maximum Gasteiger partial charge on any atom is 0.0136 e. The molecule has 1 aliphatic carbocycles. The Morgan fingerprint density at radius 2 is 1.82 bits per heavy atom. The molecule has 0 heterocycles. The van der Waals surface area contributed by atoms with Crippen LogP contribution in [0.1, 0.15) is 33.1 Å². The van der Waals surface area contributed by atoms with Crippen molar-refractivity contribution in [2.75, 3.05) is 46.8 Å². The summed E-state index contributed by atoms with van der Waals surface area (Å²) >= 11 is 0. The van der Waals surface area contributed by atoms with Gasteiger partial charge in [-0.05, 0) is 58.9 Å². The Labute approximate surface area is 108 Å². The van der Waals surface area contributed by atoms with Crippen molar-refractivity contribution in [3.63, 3.8) is 0 Å². The van der Waals surface area contributed by atoms with Crippen molar-refractivity contribution in [1.82, 2.24) is 15.1 Å². The minimum absolute atomic E-state index is 0.842. The minimum atomic E-state index is 0.842. The zero-order valence-electron chi connectivity index (χ0n) is 12.2. The molecule has 3 heteroatoms. The second-order valence-corrected chi connectivity index (χ2v) is 5.55. The number of nitrogens with one attached hydrogen (secondary N) is 1. The number of hydrogen-bond donors (Lipinski definition) is 1. The summed E-state index contributed by atoms with van der Waals surface area (Å²) in [6, 6.07) is 0.842. The molecule has 0 aromatic rings. The lowest BCUT2D eigenvalue weighted by Crippen LogP contribution is -2.52. The second-order valence-electron chi connectivity index (χ2n) is 5.55. The Kier molecular flexibility index (Phi) is 7.09. The fourth-order valence-corrected chi connectivity index (χ4v) is 2.66. The van der Waals surface area contributed by atoms with Gasteiger partial charge >= 0.3 is 0 Å². The van der Waals surface area contributed by atoms with E-state index in [1.165, 1.54) is 45.4 Å². The smallest absolute Gasteiger partial charge is 0.0136 e. The zero-order chi connectivity index (χ0) is 12.7. The first kappa shape index (κ1) is 14.9. The highest BCUT2D eigenvalue weighted by molar-refractivity contribution is 4.90. The van der Waals surface area contributed by atoms with Crippen LogP contribution in [0.3, 0.4) is 0 Å². The highest BCUT2D eigenvalue weighted by atomic mass is 15.2. The van der Waals surface area contributed by atoms with Gasteiger partial charge in [0.1, 0.15) is 0 Å². The fourth-order valence-electron chi connectivity index (χ4n) is 2.66. The molecular formula is C14H31N3. The summed E-state index contributed by atoms with van der Waals surface area (Å²) in [6.45, 7) is 10.5. The number of rotatable bonds is 9. The molecule has 1 N–H and O–H groups in total. The van der Waals surface area contributed by atoms with Crippen LogP contribution in [0, 0.1) is 5.92 Å². The van der Waals surface area contributed by atoms with Crippen molar-refractivity contribution < 1.29 is 0 Å². The van der Waals surface area contributed by atoms with Gasteiger partial charge in [-0.25, -0.2) is 0 Å². The lowest BCUT2D eigenvalue weighted by Gasteiger charge is -2.45. The molecule has 0 amide bonds. The third-order valence-corrected chi connectivity index (χ3v) is 3.85. The van der Waals surface area contributed by atoms with Gasteiger partial charge in [0.05, 0.1) is 0 Å². The van der Waals surface area contributed by atoms with Crippen LogP contribution in [0.2, 0.25) is 0 Å².